The van der Waals surface area contributed by atoms with Gasteiger partial charge < -0.3 is 29.3 Å². The molecule has 5 aliphatic rings. The highest BCUT2D eigenvalue weighted by atomic mass is 19.2. The molecule has 1 saturated carbocycles. The number of nitrogens with zero attached hydrogens (tertiary/aromatic N) is 5. The molecule has 10 nitrogen and oxygen atoms in total. The average molecular weight is 567 g/mol. The van der Waals surface area contributed by atoms with Crippen molar-refractivity contribution >= 4 is 34.4 Å². The topological polar surface area (TPSA) is 102 Å². The van der Waals surface area contributed by atoms with E-state index in [1.807, 2.05) is 32.9 Å². The Morgan fingerprint density at radius 3 is 2.66 bits per heavy atom. The number of benzene rings is 1. The molecule has 1 amide bonds. The number of fused-ring (bicyclic) bond motifs is 4. The molecule has 2 aromatic heterocycles. The number of piperazine rings is 1. The largest absolute Gasteiger partial charge is 0.487 e. The number of anilines is 3. The van der Waals surface area contributed by atoms with Gasteiger partial charge >= 0.3 is 6.09 Å². The van der Waals surface area contributed by atoms with Crippen LogP contribution in [0.2, 0.25) is 0 Å². The van der Waals surface area contributed by atoms with E-state index in [2.05, 4.69) is 20.2 Å². The molecule has 4 aliphatic heterocycles. The molecular weight excluding hydrogens is 534 g/mol. The van der Waals surface area contributed by atoms with Gasteiger partial charge in [-0.2, -0.15) is 4.39 Å². The number of hydrogen-bond donors (Lipinski definition) is 1. The third-order valence-electron chi connectivity index (χ3n) is 8.37. The lowest BCUT2D eigenvalue weighted by Crippen LogP contribution is -2.50. The van der Waals surface area contributed by atoms with Gasteiger partial charge in [-0.1, -0.05) is 0 Å². The molecule has 12 heteroatoms. The second-order valence-corrected chi connectivity index (χ2v) is 12.5. The van der Waals surface area contributed by atoms with Gasteiger partial charge in [0, 0.05) is 13.1 Å². The third kappa shape index (κ3) is 4.67. The summed E-state index contributed by atoms with van der Waals surface area (Å²) in [7, 11) is 0. The van der Waals surface area contributed by atoms with Gasteiger partial charge in [-0.15, -0.1) is 0 Å². The van der Waals surface area contributed by atoms with E-state index in [4.69, 9.17) is 19.2 Å². The van der Waals surface area contributed by atoms with E-state index in [0.717, 1.165) is 19.3 Å². The van der Waals surface area contributed by atoms with E-state index in [-0.39, 0.29) is 47.6 Å². The van der Waals surface area contributed by atoms with Gasteiger partial charge in [0.1, 0.15) is 35.5 Å². The van der Waals surface area contributed by atoms with E-state index in [1.54, 1.807) is 4.90 Å². The normalized spacial score (nSPS) is 26.4. The van der Waals surface area contributed by atoms with Crippen LogP contribution in [0.3, 0.4) is 0 Å². The molecular formula is C29H32F2N6O4. The molecule has 4 saturated heterocycles. The van der Waals surface area contributed by atoms with Crippen LogP contribution in [0.25, 0.3) is 11.0 Å². The maximum Gasteiger partial charge on any atom is 0.410 e. The Labute approximate surface area is 236 Å². The fourth-order valence-corrected chi connectivity index (χ4v) is 6.43. The molecule has 4 bridgehead atoms. The Bertz CT molecular complexity index is 1520. The minimum atomic E-state index is -1.07. The Morgan fingerprint density at radius 1 is 1.12 bits per heavy atom. The lowest BCUT2D eigenvalue weighted by atomic mass is 9.75. The summed E-state index contributed by atoms with van der Waals surface area (Å²) < 4.78 is 47.0. The monoisotopic (exact) mass is 566 g/mol. The summed E-state index contributed by atoms with van der Waals surface area (Å²) in [6, 6.07) is 6.65. The van der Waals surface area contributed by atoms with Crippen molar-refractivity contribution in [2.45, 2.75) is 63.3 Å². The Balaban J connectivity index is 1.08. The first-order chi connectivity index (χ1) is 19.6. The predicted molar refractivity (Wildman–Crippen MR) is 146 cm³/mol. The number of carbonyl (C=O) groups excluding carboxylic acids is 1. The van der Waals surface area contributed by atoms with Crippen molar-refractivity contribution in [3.05, 3.63) is 42.2 Å². The molecule has 1 N–H and O–H groups in total. The first-order valence-corrected chi connectivity index (χ1v) is 14.0. The Kier molecular flexibility index (Phi) is 5.97. The third-order valence-corrected chi connectivity index (χ3v) is 8.37. The number of likely N-dealkylation sites (tertiary alicyclic amines) is 1. The molecule has 41 heavy (non-hydrogen) atoms. The highest BCUT2D eigenvalue weighted by Crippen LogP contribution is 2.48. The van der Waals surface area contributed by atoms with Crippen LogP contribution in [0.5, 0.6) is 5.75 Å². The van der Waals surface area contributed by atoms with Crippen LogP contribution in [0.4, 0.5) is 30.9 Å². The van der Waals surface area contributed by atoms with Crippen LogP contribution < -0.4 is 15.0 Å². The Morgan fingerprint density at radius 2 is 1.95 bits per heavy atom. The minimum Gasteiger partial charge on any atom is -0.487 e. The predicted octanol–water partition coefficient (Wildman–Crippen LogP) is 4.80. The summed E-state index contributed by atoms with van der Waals surface area (Å²) in [5, 5.41) is 2.89. The number of pyridine rings is 1. The van der Waals surface area contributed by atoms with Crippen molar-refractivity contribution in [3.63, 3.8) is 0 Å². The van der Waals surface area contributed by atoms with Crippen LogP contribution in [0.1, 0.15) is 40.0 Å². The van der Waals surface area contributed by atoms with Gasteiger partial charge in [-0.25, -0.2) is 24.1 Å². The highest BCUT2D eigenvalue weighted by Gasteiger charge is 2.52. The summed E-state index contributed by atoms with van der Waals surface area (Å²) in [5.74, 6) is -0.790. The van der Waals surface area contributed by atoms with Crippen molar-refractivity contribution in [1.82, 2.24) is 19.9 Å². The molecule has 216 valence electrons. The van der Waals surface area contributed by atoms with E-state index >= 15 is 4.39 Å². The van der Waals surface area contributed by atoms with Crippen molar-refractivity contribution in [3.8, 4) is 5.75 Å². The summed E-state index contributed by atoms with van der Waals surface area (Å²) in [4.78, 5) is 30.0. The molecule has 3 aromatic rings. The van der Waals surface area contributed by atoms with Gasteiger partial charge in [-0.3, -0.25) is 0 Å². The number of aromatic nitrogens is 3. The first kappa shape index (κ1) is 26.1. The molecule has 8 rings (SSSR count). The van der Waals surface area contributed by atoms with E-state index in [1.165, 1.54) is 18.5 Å². The summed E-state index contributed by atoms with van der Waals surface area (Å²) in [6.45, 7) is 7.63. The van der Waals surface area contributed by atoms with Crippen molar-refractivity contribution < 1.29 is 27.8 Å². The minimum absolute atomic E-state index is 0.0281. The standard InChI is InChI=1S/C29H32F2N6O4/c1-28(2,3)41-27(38)37-12-17-8-18(37)11-36(17)22-7-5-20-25(35-22)26(33-15-32-20)34-19-4-6-21(24(31)23(19)30)39-14-29-9-16(10-29)13-40-29/h4-7,15-18H,8-14H2,1-3H3,(H,32,33,34)/t16?,17-,18-,29?/m0/s1. The fourth-order valence-electron chi connectivity index (χ4n) is 6.43. The van der Waals surface area contributed by atoms with Gasteiger partial charge in [0.15, 0.2) is 17.4 Å². The van der Waals surface area contributed by atoms with Gasteiger partial charge in [-0.05, 0) is 70.2 Å². The van der Waals surface area contributed by atoms with Crippen LogP contribution in [-0.2, 0) is 9.47 Å². The number of nitrogens with one attached hydrogen (secondary N) is 1. The van der Waals surface area contributed by atoms with Crippen LogP contribution in [0, 0.1) is 17.6 Å². The van der Waals surface area contributed by atoms with Crippen LogP contribution in [0.15, 0.2) is 30.6 Å². The second-order valence-electron chi connectivity index (χ2n) is 12.5. The van der Waals surface area contributed by atoms with Gasteiger partial charge in [0.2, 0.25) is 5.82 Å². The molecule has 0 radical (unpaired) electrons. The number of rotatable bonds is 6. The van der Waals surface area contributed by atoms with Crippen molar-refractivity contribution in [1.29, 1.82) is 0 Å². The molecule has 0 spiro atoms. The summed E-state index contributed by atoms with van der Waals surface area (Å²) in [5.41, 5.74) is -0.0248. The zero-order valence-corrected chi connectivity index (χ0v) is 23.2. The number of halogens is 2. The van der Waals surface area contributed by atoms with Crippen LogP contribution in [-0.4, -0.2) is 75.5 Å². The number of ether oxygens (including phenoxy) is 3. The number of amides is 1. The molecule has 1 aromatic carbocycles. The average Bonchev–Trinajstić information content (AvgIpc) is 3.71. The molecule has 6 heterocycles. The van der Waals surface area contributed by atoms with Crippen LogP contribution >= 0.6 is 0 Å². The smallest absolute Gasteiger partial charge is 0.410 e. The maximum absolute atomic E-state index is 15.1. The lowest BCUT2D eigenvalue weighted by molar-refractivity contribution is -0.0367. The SMILES string of the molecule is CC(C)(C)OC(=O)N1C[C@@H]2C[C@H]1CN2c1ccc2ncnc(Nc3ccc(OCC45CC(CO4)C5)c(F)c3F)c2n1. The fraction of sp³-hybridized carbons (Fsp3) is 0.517. The highest BCUT2D eigenvalue weighted by molar-refractivity contribution is 5.88. The molecule has 1 aliphatic carbocycles. The van der Waals surface area contributed by atoms with Gasteiger partial charge in [0.05, 0.1) is 29.9 Å². The summed E-state index contributed by atoms with van der Waals surface area (Å²) in [6.07, 6.45) is 3.66. The number of carbonyl (C=O) groups is 1. The Hall–Kier alpha value is -3.80. The zero-order chi connectivity index (χ0) is 28.5. The van der Waals surface area contributed by atoms with E-state index in [9.17, 15) is 9.18 Å². The van der Waals surface area contributed by atoms with Crippen molar-refractivity contribution in [2.75, 3.05) is 36.5 Å². The zero-order valence-electron chi connectivity index (χ0n) is 23.2. The first-order valence-electron chi connectivity index (χ1n) is 14.0. The molecule has 0 unspecified atom stereocenters. The van der Waals surface area contributed by atoms with E-state index < -0.39 is 17.2 Å². The lowest BCUT2D eigenvalue weighted by Gasteiger charge is -2.35. The number of hydrogen-bond acceptors (Lipinski definition) is 9. The second kappa shape index (κ2) is 9.37. The molecule has 2 atom stereocenters. The van der Waals surface area contributed by atoms with E-state index in [0.29, 0.717) is 42.5 Å². The van der Waals surface area contributed by atoms with Crippen molar-refractivity contribution in [2.24, 2.45) is 5.92 Å². The quantitative estimate of drug-likeness (QED) is 0.451. The maximum atomic E-state index is 15.1. The van der Waals surface area contributed by atoms with Gasteiger partial charge in [0.25, 0.3) is 0 Å². The summed E-state index contributed by atoms with van der Waals surface area (Å²) >= 11 is 0. The molecule has 5 fully saturated rings.